The van der Waals surface area contributed by atoms with Gasteiger partial charge in [0.05, 0.1) is 18.3 Å². The molecule has 2 aromatic rings. The first-order chi connectivity index (χ1) is 11.4. The Morgan fingerprint density at radius 3 is 2.79 bits per heavy atom. The highest BCUT2D eigenvalue weighted by Crippen LogP contribution is 2.13. The van der Waals surface area contributed by atoms with Crippen LogP contribution in [0.3, 0.4) is 0 Å². The molecule has 1 unspecified atom stereocenters. The molecule has 0 bridgehead atoms. The van der Waals surface area contributed by atoms with Crippen molar-refractivity contribution in [2.24, 2.45) is 13.0 Å². The lowest BCUT2D eigenvalue weighted by molar-refractivity contribution is 0.0886. The predicted octanol–water partition coefficient (Wildman–Crippen LogP) is 0.819. The highest BCUT2D eigenvalue weighted by molar-refractivity contribution is 5.92. The van der Waals surface area contributed by atoms with E-state index in [-0.39, 0.29) is 18.3 Å². The van der Waals surface area contributed by atoms with Gasteiger partial charge in [-0.3, -0.25) is 9.48 Å². The molecule has 0 radical (unpaired) electrons. The SMILES string of the molecule is COCC(NC(=O)c1cc(CC(C)C)[nH]c(=O)n1)c1ccnn1C. The van der Waals surface area contributed by atoms with Crippen LogP contribution in [0.2, 0.25) is 0 Å². The number of aromatic amines is 1. The molecule has 2 N–H and O–H groups in total. The van der Waals surface area contributed by atoms with Crippen molar-refractivity contribution in [3.63, 3.8) is 0 Å². The lowest BCUT2D eigenvalue weighted by Gasteiger charge is -2.18. The minimum Gasteiger partial charge on any atom is -0.382 e. The summed E-state index contributed by atoms with van der Waals surface area (Å²) in [5, 5.41) is 6.95. The number of rotatable bonds is 7. The van der Waals surface area contributed by atoms with Gasteiger partial charge in [0.25, 0.3) is 5.91 Å². The molecular formula is C16H23N5O3. The number of H-pyrrole nitrogens is 1. The van der Waals surface area contributed by atoms with E-state index in [4.69, 9.17) is 4.74 Å². The molecule has 0 saturated carbocycles. The third-order valence-corrected chi connectivity index (χ3v) is 3.52. The Hall–Kier alpha value is -2.48. The molecule has 0 aromatic carbocycles. The van der Waals surface area contributed by atoms with E-state index in [1.54, 1.807) is 37.2 Å². The van der Waals surface area contributed by atoms with Gasteiger partial charge in [-0.15, -0.1) is 0 Å². The van der Waals surface area contributed by atoms with Gasteiger partial charge in [0.2, 0.25) is 0 Å². The number of nitrogens with zero attached hydrogens (tertiary/aromatic N) is 3. The van der Waals surface area contributed by atoms with Crippen molar-refractivity contribution in [3.05, 3.63) is 45.9 Å². The molecule has 0 aliphatic heterocycles. The number of carbonyl (C=O) groups excluding carboxylic acids is 1. The summed E-state index contributed by atoms with van der Waals surface area (Å²) in [4.78, 5) is 30.7. The molecule has 0 aliphatic rings. The fraction of sp³-hybridized carbons (Fsp3) is 0.500. The van der Waals surface area contributed by atoms with Crippen LogP contribution in [0.5, 0.6) is 0 Å². The van der Waals surface area contributed by atoms with Crippen LogP contribution >= 0.6 is 0 Å². The summed E-state index contributed by atoms with van der Waals surface area (Å²) < 4.78 is 6.84. The number of nitrogens with one attached hydrogen (secondary N) is 2. The van der Waals surface area contributed by atoms with Crippen LogP contribution in [0.4, 0.5) is 0 Å². The number of aromatic nitrogens is 4. The number of hydrogen-bond acceptors (Lipinski definition) is 5. The van der Waals surface area contributed by atoms with Crippen molar-refractivity contribution in [2.75, 3.05) is 13.7 Å². The summed E-state index contributed by atoms with van der Waals surface area (Å²) in [6.07, 6.45) is 2.32. The molecule has 0 aliphatic carbocycles. The number of aryl methyl sites for hydroxylation is 1. The maximum Gasteiger partial charge on any atom is 0.345 e. The van der Waals surface area contributed by atoms with Crippen LogP contribution in [0.25, 0.3) is 0 Å². The lowest BCUT2D eigenvalue weighted by Crippen LogP contribution is -2.34. The van der Waals surface area contributed by atoms with Crippen LogP contribution < -0.4 is 11.0 Å². The topological polar surface area (TPSA) is 102 Å². The molecule has 8 heteroatoms. The van der Waals surface area contributed by atoms with Gasteiger partial charge in [-0.1, -0.05) is 13.8 Å². The van der Waals surface area contributed by atoms with Crippen LogP contribution in [0.15, 0.2) is 23.1 Å². The number of ether oxygens (including phenoxy) is 1. The maximum atomic E-state index is 12.5. The smallest absolute Gasteiger partial charge is 0.345 e. The standard InChI is InChI=1S/C16H23N5O3/c1-10(2)7-11-8-12(20-16(23)18-11)15(22)19-13(9-24-4)14-5-6-17-21(14)3/h5-6,8,10,13H,7,9H2,1-4H3,(H,19,22)(H,18,20,23). The Morgan fingerprint density at radius 2 is 2.21 bits per heavy atom. The first kappa shape index (κ1) is 17.9. The van der Waals surface area contributed by atoms with Crippen LogP contribution in [-0.4, -0.2) is 39.4 Å². The molecule has 2 heterocycles. The van der Waals surface area contributed by atoms with Gasteiger partial charge in [-0.25, -0.2) is 4.79 Å². The molecule has 0 saturated heterocycles. The van der Waals surface area contributed by atoms with E-state index in [1.807, 2.05) is 13.8 Å². The second-order valence-electron chi connectivity index (χ2n) is 6.06. The van der Waals surface area contributed by atoms with Crippen molar-refractivity contribution >= 4 is 5.91 Å². The van der Waals surface area contributed by atoms with E-state index in [0.717, 1.165) is 5.69 Å². The summed E-state index contributed by atoms with van der Waals surface area (Å²) in [7, 11) is 3.35. The van der Waals surface area contributed by atoms with Gasteiger partial charge < -0.3 is 15.0 Å². The van der Waals surface area contributed by atoms with E-state index in [0.29, 0.717) is 18.0 Å². The molecular weight excluding hydrogens is 310 g/mol. The van der Waals surface area contributed by atoms with E-state index >= 15 is 0 Å². The Bertz CT molecular complexity index is 750. The summed E-state index contributed by atoms with van der Waals surface area (Å²) >= 11 is 0. The van der Waals surface area contributed by atoms with Gasteiger partial charge in [0.1, 0.15) is 5.69 Å². The normalized spacial score (nSPS) is 12.4. The third-order valence-electron chi connectivity index (χ3n) is 3.52. The van der Waals surface area contributed by atoms with Crippen LogP contribution in [-0.2, 0) is 18.2 Å². The molecule has 24 heavy (non-hydrogen) atoms. The van der Waals surface area contributed by atoms with Crippen LogP contribution in [0.1, 0.15) is 41.8 Å². The summed E-state index contributed by atoms with van der Waals surface area (Å²) in [5.41, 5.74) is 1.07. The number of hydrogen-bond donors (Lipinski definition) is 2. The molecule has 2 aromatic heterocycles. The fourth-order valence-corrected chi connectivity index (χ4v) is 2.50. The highest BCUT2D eigenvalue weighted by atomic mass is 16.5. The average molecular weight is 333 g/mol. The van der Waals surface area contributed by atoms with Gasteiger partial charge >= 0.3 is 5.69 Å². The number of carbonyl (C=O) groups is 1. The second kappa shape index (κ2) is 7.87. The number of methoxy groups -OCH3 is 1. The van der Waals surface area contributed by atoms with Gasteiger partial charge in [-0.05, 0) is 24.5 Å². The van der Waals surface area contributed by atoms with Crippen molar-refractivity contribution in [1.82, 2.24) is 25.1 Å². The van der Waals surface area contributed by atoms with E-state index in [9.17, 15) is 9.59 Å². The molecule has 8 nitrogen and oxygen atoms in total. The first-order valence-electron chi connectivity index (χ1n) is 7.78. The first-order valence-corrected chi connectivity index (χ1v) is 7.78. The summed E-state index contributed by atoms with van der Waals surface area (Å²) in [6.45, 7) is 4.36. The minimum atomic E-state index is -0.526. The van der Waals surface area contributed by atoms with Crippen molar-refractivity contribution in [3.8, 4) is 0 Å². The van der Waals surface area contributed by atoms with Gasteiger partial charge in [-0.2, -0.15) is 10.1 Å². The minimum absolute atomic E-state index is 0.0951. The quantitative estimate of drug-likeness (QED) is 0.781. The maximum absolute atomic E-state index is 12.5. The summed E-state index contributed by atoms with van der Waals surface area (Å²) in [5.74, 6) is -0.0657. The predicted molar refractivity (Wildman–Crippen MR) is 88.7 cm³/mol. The molecule has 130 valence electrons. The van der Waals surface area contributed by atoms with E-state index in [1.165, 1.54) is 0 Å². The molecule has 1 atom stereocenters. The molecule has 0 spiro atoms. The fourth-order valence-electron chi connectivity index (χ4n) is 2.50. The highest BCUT2D eigenvalue weighted by Gasteiger charge is 2.20. The molecule has 2 rings (SSSR count). The Kier molecular flexibility index (Phi) is 5.86. The van der Waals surface area contributed by atoms with Crippen molar-refractivity contribution in [1.29, 1.82) is 0 Å². The zero-order valence-electron chi connectivity index (χ0n) is 14.4. The average Bonchev–Trinajstić information content (AvgIpc) is 2.91. The van der Waals surface area contributed by atoms with Crippen molar-refractivity contribution < 1.29 is 9.53 Å². The van der Waals surface area contributed by atoms with E-state index < -0.39 is 11.6 Å². The van der Waals surface area contributed by atoms with Gasteiger partial charge in [0.15, 0.2) is 0 Å². The third kappa shape index (κ3) is 4.51. The summed E-state index contributed by atoms with van der Waals surface area (Å²) in [6, 6.07) is 3.04. The Morgan fingerprint density at radius 1 is 1.46 bits per heavy atom. The second-order valence-corrected chi connectivity index (χ2v) is 6.06. The monoisotopic (exact) mass is 333 g/mol. The van der Waals surface area contributed by atoms with Gasteiger partial charge in [0, 0.05) is 26.0 Å². The van der Waals surface area contributed by atoms with Crippen molar-refractivity contribution in [2.45, 2.75) is 26.3 Å². The zero-order valence-corrected chi connectivity index (χ0v) is 14.4. The largest absolute Gasteiger partial charge is 0.382 e. The van der Waals surface area contributed by atoms with Crippen LogP contribution in [0, 0.1) is 5.92 Å². The molecule has 1 amide bonds. The van der Waals surface area contributed by atoms with E-state index in [2.05, 4.69) is 20.4 Å². The Balaban J connectivity index is 2.22. The zero-order chi connectivity index (χ0) is 17.7. The number of amides is 1. The lowest BCUT2D eigenvalue weighted by atomic mass is 10.1. The molecule has 0 fully saturated rings. The Labute approximate surface area is 140 Å².